The van der Waals surface area contributed by atoms with E-state index in [2.05, 4.69) is 12.2 Å². The molecule has 0 saturated carbocycles. The molecule has 0 spiro atoms. The predicted molar refractivity (Wildman–Crippen MR) is 71.9 cm³/mol. The molecule has 18 heavy (non-hydrogen) atoms. The van der Waals surface area contributed by atoms with E-state index in [4.69, 9.17) is 4.74 Å². The summed E-state index contributed by atoms with van der Waals surface area (Å²) in [5, 5.41) is 3.31. The van der Waals surface area contributed by atoms with Crippen molar-refractivity contribution in [3.8, 4) is 5.75 Å². The lowest BCUT2D eigenvalue weighted by molar-refractivity contribution is -0.127. The highest BCUT2D eigenvalue weighted by Gasteiger charge is 2.38. The summed E-state index contributed by atoms with van der Waals surface area (Å²) in [6.07, 6.45) is 2.39. The summed E-state index contributed by atoms with van der Waals surface area (Å²) in [6.45, 7) is 3.89. The van der Waals surface area contributed by atoms with Gasteiger partial charge in [-0.3, -0.25) is 4.79 Å². The number of rotatable bonds is 5. The Bertz CT molecular complexity index is 422. The van der Waals surface area contributed by atoms with Gasteiger partial charge in [-0.25, -0.2) is 0 Å². The Kier molecular flexibility index (Phi) is 4.02. The van der Waals surface area contributed by atoms with Crippen LogP contribution in [0.1, 0.15) is 25.3 Å². The summed E-state index contributed by atoms with van der Waals surface area (Å²) >= 11 is 0. The highest BCUT2D eigenvalue weighted by Crippen LogP contribution is 2.32. The Labute approximate surface area is 109 Å². The molecule has 1 unspecified atom stereocenters. The third kappa shape index (κ3) is 2.56. The Balaban J connectivity index is 2.10. The van der Waals surface area contributed by atoms with Crippen LogP contribution in [0.5, 0.6) is 5.75 Å². The lowest BCUT2D eigenvalue weighted by Crippen LogP contribution is -2.34. The van der Waals surface area contributed by atoms with E-state index >= 15 is 0 Å². The van der Waals surface area contributed by atoms with Crippen molar-refractivity contribution in [3.05, 3.63) is 29.8 Å². The topological polar surface area (TPSA) is 38.3 Å². The van der Waals surface area contributed by atoms with Crippen molar-refractivity contribution >= 4 is 5.78 Å². The zero-order valence-electron chi connectivity index (χ0n) is 11.2. The van der Waals surface area contributed by atoms with E-state index in [9.17, 15) is 4.79 Å². The Morgan fingerprint density at radius 2 is 2.33 bits per heavy atom. The minimum atomic E-state index is -0.150. The summed E-state index contributed by atoms with van der Waals surface area (Å²) < 4.78 is 5.19. The molecule has 1 N–H and O–H groups in total. The largest absolute Gasteiger partial charge is 0.497 e. The van der Waals surface area contributed by atoms with Crippen molar-refractivity contribution in [2.75, 3.05) is 20.2 Å². The van der Waals surface area contributed by atoms with Crippen LogP contribution in [-0.2, 0) is 11.2 Å². The number of hydrogen-bond acceptors (Lipinski definition) is 3. The van der Waals surface area contributed by atoms with Gasteiger partial charge in [0.1, 0.15) is 11.5 Å². The number of carbonyl (C=O) groups excluding carboxylic acids is 1. The number of methoxy groups -OCH3 is 1. The van der Waals surface area contributed by atoms with Gasteiger partial charge in [0.15, 0.2) is 0 Å². The number of ether oxygens (including phenoxy) is 1. The predicted octanol–water partition coefficient (Wildman–Crippen LogP) is 2.20. The molecule has 1 fully saturated rings. The molecular weight excluding hydrogens is 226 g/mol. The molecule has 0 bridgehead atoms. The fraction of sp³-hybridized carbons (Fsp3) is 0.533. The average Bonchev–Trinajstić information content (AvgIpc) is 2.89. The van der Waals surface area contributed by atoms with E-state index in [0.717, 1.165) is 37.2 Å². The van der Waals surface area contributed by atoms with Gasteiger partial charge in [0.2, 0.25) is 0 Å². The molecule has 1 aliphatic rings. The third-order valence-electron chi connectivity index (χ3n) is 4.01. The van der Waals surface area contributed by atoms with Gasteiger partial charge in [-0.1, -0.05) is 19.1 Å². The molecule has 1 aliphatic heterocycles. The molecular formula is C15H21NO2. The van der Waals surface area contributed by atoms with E-state index in [-0.39, 0.29) is 5.41 Å². The number of carbonyl (C=O) groups is 1. The van der Waals surface area contributed by atoms with Crippen molar-refractivity contribution in [2.24, 2.45) is 5.41 Å². The van der Waals surface area contributed by atoms with E-state index in [0.29, 0.717) is 12.2 Å². The first-order valence-corrected chi connectivity index (χ1v) is 6.57. The van der Waals surface area contributed by atoms with Crippen molar-refractivity contribution in [1.82, 2.24) is 5.32 Å². The molecule has 3 heteroatoms. The number of hydrogen-bond donors (Lipinski definition) is 1. The number of benzene rings is 1. The maximum absolute atomic E-state index is 12.5. The molecule has 1 heterocycles. The van der Waals surface area contributed by atoms with Gasteiger partial charge in [-0.15, -0.1) is 0 Å². The van der Waals surface area contributed by atoms with Gasteiger partial charge in [0.05, 0.1) is 7.11 Å². The fourth-order valence-corrected chi connectivity index (χ4v) is 2.64. The van der Waals surface area contributed by atoms with Gasteiger partial charge in [0.25, 0.3) is 0 Å². The van der Waals surface area contributed by atoms with E-state index in [1.165, 1.54) is 0 Å². The first-order chi connectivity index (χ1) is 8.70. The average molecular weight is 247 g/mol. The molecule has 2 rings (SSSR count). The van der Waals surface area contributed by atoms with Crippen molar-refractivity contribution < 1.29 is 9.53 Å². The van der Waals surface area contributed by atoms with Crippen LogP contribution >= 0.6 is 0 Å². The van der Waals surface area contributed by atoms with E-state index < -0.39 is 0 Å². The molecule has 1 saturated heterocycles. The van der Waals surface area contributed by atoms with Crippen molar-refractivity contribution in [1.29, 1.82) is 0 Å². The normalized spacial score (nSPS) is 23.0. The standard InChI is InChI=1S/C15H21NO2/c1-3-15(7-8-16-11-15)14(17)10-12-5-4-6-13(9-12)18-2/h4-6,9,16H,3,7-8,10-11H2,1-2H3. The lowest BCUT2D eigenvalue weighted by Gasteiger charge is -2.24. The Morgan fingerprint density at radius 1 is 1.50 bits per heavy atom. The zero-order valence-corrected chi connectivity index (χ0v) is 11.2. The van der Waals surface area contributed by atoms with Gasteiger partial charge in [-0.2, -0.15) is 0 Å². The first-order valence-electron chi connectivity index (χ1n) is 6.57. The molecule has 0 radical (unpaired) electrons. The van der Waals surface area contributed by atoms with E-state index in [1.54, 1.807) is 7.11 Å². The minimum absolute atomic E-state index is 0.150. The summed E-state index contributed by atoms with van der Waals surface area (Å²) in [4.78, 5) is 12.5. The number of nitrogens with one attached hydrogen (secondary N) is 1. The molecule has 1 aromatic rings. The monoisotopic (exact) mass is 247 g/mol. The summed E-state index contributed by atoms with van der Waals surface area (Å²) in [5.41, 5.74) is 0.891. The molecule has 98 valence electrons. The quantitative estimate of drug-likeness (QED) is 0.867. The summed E-state index contributed by atoms with van der Waals surface area (Å²) in [6, 6.07) is 7.78. The molecule has 1 aromatic carbocycles. The van der Waals surface area contributed by atoms with Crippen LogP contribution in [0.15, 0.2) is 24.3 Å². The maximum atomic E-state index is 12.5. The zero-order chi connectivity index (χ0) is 13.0. The summed E-state index contributed by atoms with van der Waals surface area (Å²) in [5.74, 6) is 1.17. The van der Waals surface area contributed by atoms with E-state index in [1.807, 2.05) is 24.3 Å². The second-order valence-corrected chi connectivity index (χ2v) is 5.01. The van der Waals surface area contributed by atoms with Gasteiger partial charge >= 0.3 is 0 Å². The molecule has 3 nitrogen and oxygen atoms in total. The summed E-state index contributed by atoms with van der Waals surface area (Å²) in [7, 11) is 1.65. The van der Waals surface area contributed by atoms with Crippen molar-refractivity contribution in [3.63, 3.8) is 0 Å². The van der Waals surface area contributed by atoms with Crippen LogP contribution in [0.4, 0.5) is 0 Å². The lowest BCUT2D eigenvalue weighted by atomic mass is 9.78. The SMILES string of the molecule is CCC1(C(=O)Cc2cccc(OC)c2)CCNC1. The van der Waals surface area contributed by atoms with Gasteiger partial charge in [0, 0.05) is 18.4 Å². The van der Waals surface area contributed by atoms with Crippen molar-refractivity contribution in [2.45, 2.75) is 26.2 Å². The van der Waals surface area contributed by atoms with Crippen LogP contribution < -0.4 is 10.1 Å². The van der Waals surface area contributed by atoms with Crippen LogP contribution in [0, 0.1) is 5.41 Å². The smallest absolute Gasteiger partial charge is 0.144 e. The maximum Gasteiger partial charge on any atom is 0.144 e. The second kappa shape index (κ2) is 5.53. The second-order valence-electron chi connectivity index (χ2n) is 5.01. The number of ketones is 1. The van der Waals surface area contributed by atoms with Crippen LogP contribution in [0.25, 0.3) is 0 Å². The van der Waals surface area contributed by atoms with Crippen LogP contribution in [-0.4, -0.2) is 26.0 Å². The molecule has 0 aromatic heterocycles. The Morgan fingerprint density at radius 3 is 2.94 bits per heavy atom. The molecule has 0 aliphatic carbocycles. The third-order valence-corrected chi connectivity index (χ3v) is 4.01. The fourth-order valence-electron chi connectivity index (χ4n) is 2.64. The van der Waals surface area contributed by atoms with Crippen LogP contribution in [0.3, 0.4) is 0 Å². The van der Waals surface area contributed by atoms with Crippen LogP contribution in [0.2, 0.25) is 0 Å². The minimum Gasteiger partial charge on any atom is -0.497 e. The molecule has 0 amide bonds. The number of Topliss-reactive ketones (excluding diaryl/α,β-unsaturated/α-hetero) is 1. The first kappa shape index (κ1) is 13.1. The van der Waals surface area contributed by atoms with Gasteiger partial charge in [-0.05, 0) is 37.1 Å². The highest BCUT2D eigenvalue weighted by molar-refractivity contribution is 5.87. The highest BCUT2D eigenvalue weighted by atomic mass is 16.5. The van der Waals surface area contributed by atoms with Gasteiger partial charge < -0.3 is 10.1 Å². The molecule has 1 atom stereocenters. The Hall–Kier alpha value is -1.35.